The van der Waals surface area contributed by atoms with E-state index in [-0.39, 0.29) is 11.7 Å². The number of imidazole rings is 1. The molecule has 3 heterocycles. The van der Waals surface area contributed by atoms with Crippen molar-refractivity contribution in [3.63, 3.8) is 0 Å². The molecule has 0 spiro atoms. The van der Waals surface area contributed by atoms with Gasteiger partial charge in [0.05, 0.1) is 12.3 Å². The van der Waals surface area contributed by atoms with Gasteiger partial charge in [0, 0.05) is 27.2 Å². The molecule has 2 aromatic heterocycles. The minimum Gasteiger partial charge on any atom is -0.337 e. The van der Waals surface area contributed by atoms with Crippen LogP contribution in [-0.4, -0.2) is 41.8 Å². The number of nitrogens with zero attached hydrogens (tertiary/aromatic N) is 5. The van der Waals surface area contributed by atoms with Gasteiger partial charge in [0.25, 0.3) is 5.56 Å². The Morgan fingerprint density at radius 2 is 1.68 bits per heavy atom. The van der Waals surface area contributed by atoms with Gasteiger partial charge in [0.2, 0.25) is 5.91 Å². The Morgan fingerprint density at radius 3 is 2.44 bits per heavy atom. The van der Waals surface area contributed by atoms with E-state index in [1.807, 2.05) is 51.9 Å². The van der Waals surface area contributed by atoms with E-state index in [1.165, 1.54) is 34.5 Å². The second kappa shape index (κ2) is 8.98. The smallest absolute Gasteiger partial charge is 0.332 e. The fourth-order valence-electron chi connectivity index (χ4n) is 4.38. The highest BCUT2D eigenvalue weighted by molar-refractivity contribution is 7.99. The van der Waals surface area contributed by atoms with Gasteiger partial charge in [-0.05, 0) is 23.1 Å². The number of carbonyl (C=O) groups excluding carboxylic acids is 1. The largest absolute Gasteiger partial charge is 0.337 e. The zero-order chi connectivity index (χ0) is 23.8. The van der Waals surface area contributed by atoms with Gasteiger partial charge in [0.1, 0.15) is 0 Å². The van der Waals surface area contributed by atoms with Gasteiger partial charge in [-0.15, -0.1) is 0 Å². The van der Waals surface area contributed by atoms with Gasteiger partial charge in [-0.1, -0.05) is 66.4 Å². The first-order valence-electron chi connectivity index (χ1n) is 11.1. The maximum absolute atomic E-state index is 13.1. The Bertz CT molecular complexity index is 1500. The second-order valence-electron chi connectivity index (χ2n) is 8.47. The van der Waals surface area contributed by atoms with Gasteiger partial charge in [-0.25, -0.2) is 9.78 Å². The molecule has 5 rings (SSSR count). The Kier molecular flexibility index (Phi) is 5.87. The number of aryl methyl sites for hydroxylation is 1. The molecule has 9 heteroatoms. The lowest BCUT2D eigenvalue weighted by Gasteiger charge is -2.28. The van der Waals surface area contributed by atoms with E-state index in [2.05, 4.69) is 17.1 Å². The van der Waals surface area contributed by atoms with Crippen LogP contribution in [0.1, 0.15) is 16.7 Å². The summed E-state index contributed by atoms with van der Waals surface area (Å²) in [5, 5.41) is 0.544. The number of thioether (sulfide) groups is 1. The molecule has 0 atom stereocenters. The van der Waals surface area contributed by atoms with Crippen LogP contribution in [0.4, 0.5) is 0 Å². The number of hydrogen-bond acceptors (Lipinski definition) is 5. The number of carbonyl (C=O) groups is 1. The molecule has 34 heavy (non-hydrogen) atoms. The number of aromatic nitrogens is 4. The Hall–Kier alpha value is -3.59. The highest BCUT2D eigenvalue weighted by atomic mass is 32.2. The van der Waals surface area contributed by atoms with Crippen LogP contribution in [0.3, 0.4) is 0 Å². The van der Waals surface area contributed by atoms with Crippen LogP contribution < -0.4 is 11.2 Å². The lowest BCUT2D eigenvalue weighted by atomic mass is 10.00. The molecule has 0 radical (unpaired) electrons. The second-order valence-corrected chi connectivity index (χ2v) is 9.41. The quantitative estimate of drug-likeness (QED) is 0.413. The summed E-state index contributed by atoms with van der Waals surface area (Å²) in [4.78, 5) is 45.1. The Morgan fingerprint density at radius 1 is 0.971 bits per heavy atom. The molecular formula is C25H25N5O3S. The van der Waals surface area contributed by atoms with E-state index in [0.29, 0.717) is 36.0 Å². The van der Waals surface area contributed by atoms with Gasteiger partial charge in [-0.3, -0.25) is 18.7 Å². The van der Waals surface area contributed by atoms with Crippen molar-refractivity contribution in [2.75, 3.05) is 12.3 Å². The molecule has 4 aromatic rings. The summed E-state index contributed by atoms with van der Waals surface area (Å²) in [6.45, 7) is 1.70. The maximum atomic E-state index is 13.1. The molecule has 0 saturated carbocycles. The summed E-state index contributed by atoms with van der Waals surface area (Å²) in [5.41, 5.74) is 3.33. The van der Waals surface area contributed by atoms with Gasteiger partial charge >= 0.3 is 5.69 Å². The van der Waals surface area contributed by atoms with Crippen molar-refractivity contribution in [1.82, 2.24) is 23.6 Å². The average molecular weight is 476 g/mol. The molecule has 8 nitrogen and oxygen atoms in total. The third-order valence-electron chi connectivity index (χ3n) is 6.30. The lowest BCUT2D eigenvalue weighted by molar-refractivity contribution is -0.129. The van der Waals surface area contributed by atoms with Gasteiger partial charge in [0.15, 0.2) is 16.3 Å². The van der Waals surface area contributed by atoms with Crippen LogP contribution in [-0.2, 0) is 38.4 Å². The van der Waals surface area contributed by atoms with Crippen LogP contribution in [0.25, 0.3) is 11.2 Å². The highest BCUT2D eigenvalue weighted by Crippen LogP contribution is 2.25. The van der Waals surface area contributed by atoms with E-state index in [9.17, 15) is 14.4 Å². The predicted molar refractivity (Wildman–Crippen MR) is 132 cm³/mol. The van der Waals surface area contributed by atoms with Crippen molar-refractivity contribution >= 4 is 28.8 Å². The molecule has 0 aliphatic carbocycles. The van der Waals surface area contributed by atoms with Gasteiger partial charge in [-0.2, -0.15) is 0 Å². The molecule has 0 fully saturated rings. The topological polar surface area (TPSA) is 82.1 Å². The summed E-state index contributed by atoms with van der Waals surface area (Å²) in [6.07, 6.45) is 0.844. The summed E-state index contributed by atoms with van der Waals surface area (Å²) >= 11 is 1.30. The summed E-state index contributed by atoms with van der Waals surface area (Å²) < 4.78 is 4.29. The predicted octanol–water partition coefficient (Wildman–Crippen LogP) is 2.16. The minimum absolute atomic E-state index is 0.0274. The number of hydrogen-bond donors (Lipinski definition) is 0. The van der Waals surface area contributed by atoms with Crippen LogP contribution in [0.15, 0.2) is 69.3 Å². The average Bonchev–Trinajstić information content (AvgIpc) is 3.23. The number of amides is 1. The molecule has 0 N–H and O–H groups in total. The van der Waals surface area contributed by atoms with Crippen LogP contribution >= 0.6 is 11.8 Å². The summed E-state index contributed by atoms with van der Waals surface area (Å²) in [5.74, 6) is 0.230. The van der Waals surface area contributed by atoms with E-state index < -0.39 is 11.2 Å². The minimum atomic E-state index is -0.429. The number of benzene rings is 2. The van der Waals surface area contributed by atoms with Gasteiger partial charge < -0.3 is 9.47 Å². The molecule has 2 aromatic carbocycles. The zero-order valence-electron chi connectivity index (χ0n) is 19.1. The standard InChI is InChI=1S/C25H25N5O3S/c1-27-22-21(23(32)28(2)25(27)33)30(14-17-8-4-3-5-9-17)24(26-22)34-16-20(31)29-13-12-18-10-6-7-11-19(18)15-29/h3-11H,12-16H2,1-2H3. The maximum Gasteiger partial charge on any atom is 0.332 e. The molecule has 1 aliphatic heterocycles. The monoisotopic (exact) mass is 475 g/mol. The first-order chi connectivity index (χ1) is 16.4. The molecule has 0 saturated heterocycles. The Labute approximate surface area is 200 Å². The van der Waals surface area contributed by atoms with E-state index in [0.717, 1.165) is 16.6 Å². The summed E-state index contributed by atoms with van der Waals surface area (Å²) in [6, 6.07) is 18.0. The van der Waals surface area contributed by atoms with Crippen LogP contribution in [0, 0.1) is 0 Å². The summed E-state index contributed by atoms with van der Waals surface area (Å²) in [7, 11) is 3.07. The molecule has 1 amide bonds. The lowest BCUT2D eigenvalue weighted by Crippen LogP contribution is -2.37. The fraction of sp³-hybridized carbons (Fsp3) is 0.280. The van der Waals surface area contributed by atoms with E-state index in [4.69, 9.17) is 0 Å². The first-order valence-corrected chi connectivity index (χ1v) is 12.1. The Balaban J connectivity index is 1.47. The number of rotatable bonds is 5. The molecule has 0 bridgehead atoms. The van der Waals surface area contributed by atoms with Crippen molar-refractivity contribution < 1.29 is 4.79 Å². The van der Waals surface area contributed by atoms with Crippen molar-refractivity contribution in [1.29, 1.82) is 0 Å². The van der Waals surface area contributed by atoms with Crippen molar-refractivity contribution in [2.24, 2.45) is 14.1 Å². The highest BCUT2D eigenvalue weighted by Gasteiger charge is 2.23. The SMILES string of the molecule is Cn1c(=O)c2c(nc(SCC(=O)N3CCc4ccccc4C3)n2Cc2ccccc2)n(C)c1=O. The number of fused-ring (bicyclic) bond motifs is 2. The van der Waals surface area contributed by atoms with Crippen molar-refractivity contribution in [3.8, 4) is 0 Å². The van der Waals surface area contributed by atoms with Crippen LogP contribution in [0.2, 0.25) is 0 Å². The van der Waals surface area contributed by atoms with E-state index >= 15 is 0 Å². The molecule has 174 valence electrons. The van der Waals surface area contributed by atoms with Crippen LogP contribution in [0.5, 0.6) is 0 Å². The third kappa shape index (κ3) is 3.96. The fourth-order valence-corrected chi connectivity index (χ4v) is 5.27. The van der Waals surface area contributed by atoms with Crippen molar-refractivity contribution in [3.05, 3.63) is 92.1 Å². The molecule has 0 unspecified atom stereocenters. The first kappa shape index (κ1) is 22.2. The normalized spacial score (nSPS) is 13.3. The third-order valence-corrected chi connectivity index (χ3v) is 7.27. The zero-order valence-corrected chi connectivity index (χ0v) is 19.9. The molecule has 1 aliphatic rings. The molecular weight excluding hydrogens is 450 g/mol. The van der Waals surface area contributed by atoms with E-state index in [1.54, 1.807) is 7.05 Å². The van der Waals surface area contributed by atoms with Crippen molar-refractivity contribution in [2.45, 2.75) is 24.7 Å².